The second-order valence-corrected chi connectivity index (χ2v) is 8.06. The molecule has 170 valence electrons. The summed E-state index contributed by atoms with van der Waals surface area (Å²) in [7, 11) is 1.55. The largest absolute Gasteiger partial charge is 0.497 e. The monoisotopic (exact) mass is 450 g/mol. The summed E-state index contributed by atoms with van der Waals surface area (Å²) in [5.41, 5.74) is 2.06. The molecule has 2 atom stereocenters. The standard InChI is InChI=1S/C26H24F2N2O3/c1-16-3-8-19(15-23(16)28)29-26(32)22-13-14-24(31)30(20-9-11-21(33-2)12-10-20)25(22)17-4-6-18(27)7-5-17/h3-12,15,22,25H,13-14H2,1-2H3,(H,29,32)/t22-,25+/m1/s1. The van der Waals surface area contributed by atoms with E-state index in [1.165, 1.54) is 18.2 Å². The van der Waals surface area contributed by atoms with Crippen LogP contribution in [0.15, 0.2) is 66.7 Å². The van der Waals surface area contributed by atoms with E-state index in [2.05, 4.69) is 5.32 Å². The van der Waals surface area contributed by atoms with Gasteiger partial charge in [-0.1, -0.05) is 18.2 Å². The molecule has 3 aromatic carbocycles. The number of amides is 2. The van der Waals surface area contributed by atoms with Crippen LogP contribution in [0.4, 0.5) is 20.2 Å². The zero-order valence-corrected chi connectivity index (χ0v) is 18.3. The number of nitrogens with one attached hydrogen (secondary N) is 1. The molecule has 1 heterocycles. The number of anilines is 2. The average Bonchev–Trinajstić information content (AvgIpc) is 2.82. The first kappa shape index (κ1) is 22.5. The molecule has 0 spiro atoms. The summed E-state index contributed by atoms with van der Waals surface area (Å²) in [6, 6.07) is 16.6. The molecule has 1 fully saturated rings. The second-order valence-electron chi connectivity index (χ2n) is 8.06. The molecule has 3 aromatic rings. The number of ether oxygens (including phenoxy) is 1. The van der Waals surface area contributed by atoms with Crippen molar-refractivity contribution in [2.45, 2.75) is 25.8 Å². The van der Waals surface area contributed by atoms with E-state index < -0.39 is 23.6 Å². The molecule has 1 aliphatic heterocycles. The van der Waals surface area contributed by atoms with Gasteiger partial charge in [0.1, 0.15) is 17.4 Å². The highest BCUT2D eigenvalue weighted by Crippen LogP contribution is 2.41. The van der Waals surface area contributed by atoms with Crippen LogP contribution < -0.4 is 15.0 Å². The van der Waals surface area contributed by atoms with Crippen LogP contribution in [0.2, 0.25) is 0 Å². The van der Waals surface area contributed by atoms with Crippen molar-refractivity contribution >= 4 is 23.2 Å². The highest BCUT2D eigenvalue weighted by molar-refractivity contribution is 6.00. The van der Waals surface area contributed by atoms with Crippen LogP contribution in [0.5, 0.6) is 5.75 Å². The Labute approximate surface area is 191 Å². The quantitative estimate of drug-likeness (QED) is 0.566. The van der Waals surface area contributed by atoms with Crippen molar-refractivity contribution in [3.8, 4) is 5.75 Å². The number of hydrogen-bond acceptors (Lipinski definition) is 3. The molecule has 4 rings (SSSR count). The summed E-state index contributed by atoms with van der Waals surface area (Å²) in [6.45, 7) is 1.64. The van der Waals surface area contributed by atoms with Gasteiger partial charge in [0, 0.05) is 17.8 Å². The van der Waals surface area contributed by atoms with Crippen LogP contribution in [-0.2, 0) is 9.59 Å². The Morgan fingerprint density at radius 3 is 2.36 bits per heavy atom. The van der Waals surface area contributed by atoms with Crippen LogP contribution in [0.25, 0.3) is 0 Å². The predicted octanol–water partition coefficient (Wildman–Crippen LogP) is 5.40. The van der Waals surface area contributed by atoms with E-state index in [0.717, 1.165) is 0 Å². The number of carbonyl (C=O) groups excluding carboxylic acids is 2. The van der Waals surface area contributed by atoms with Gasteiger partial charge in [0.15, 0.2) is 0 Å². The van der Waals surface area contributed by atoms with Gasteiger partial charge in [-0.15, -0.1) is 0 Å². The maximum atomic E-state index is 14.0. The minimum absolute atomic E-state index is 0.139. The third-order valence-corrected chi connectivity index (χ3v) is 5.94. The Balaban J connectivity index is 1.72. The minimum Gasteiger partial charge on any atom is -0.497 e. The van der Waals surface area contributed by atoms with Crippen molar-refractivity contribution in [2.24, 2.45) is 5.92 Å². The van der Waals surface area contributed by atoms with Gasteiger partial charge in [-0.3, -0.25) is 9.59 Å². The van der Waals surface area contributed by atoms with Crippen molar-refractivity contribution in [3.63, 3.8) is 0 Å². The fourth-order valence-electron chi connectivity index (χ4n) is 4.16. The average molecular weight is 450 g/mol. The Kier molecular flexibility index (Phi) is 6.40. The predicted molar refractivity (Wildman–Crippen MR) is 122 cm³/mol. The lowest BCUT2D eigenvalue weighted by Gasteiger charge is -2.41. The Hall–Kier alpha value is -3.74. The summed E-state index contributed by atoms with van der Waals surface area (Å²) in [5, 5.41) is 2.78. The smallest absolute Gasteiger partial charge is 0.229 e. The molecule has 5 nitrogen and oxygen atoms in total. The lowest BCUT2D eigenvalue weighted by molar-refractivity contribution is -0.125. The fourth-order valence-corrected chi connectivity index (χ4v) is 4.16. The number of methoxy groups -OCH3 is 1. The first-order chi connectivity index (χ1) is 15.9. The molecule has 0 saturated carbocycles. The van der Waals surface area contributed by atoms with E-state index in [1.807, 2.05) is 0 Å². The third-order valence-electron chi connectivity index (χ3n) is 5.94. The lowest BCUT2D eigenvalue weighted by Crippen LogP contribution is -2.47. The van der Waals surface area contributed by atoms with E-state index in [4.69, 9.17) is 4.74 Å². The summed E-state index contributed by atoms with van der Waals surface area (Å²) >= 11 is 0. The van der Waals surface area contributed by atoms with Gasteiger partial charge >= 0.3 is 0 Å². The number of halogens is 2. The SMILES string of the molecule is COc1ccc(N2C(=O)CC[C@@H](C(=O)Nc3ccc(C)c(F)c3)[C@@H]2c2ccc(F)cc2)cc1. The van der Waals surface area contributed by atoms with Crippen molar-refractivity contribution in [3.05, 3.63) is 89.5 Å². The van der Waals surface area contributed by atoms with Crippen LogP contribution >= 0.6 is 0 Å². The number of benzene rings is 3. The van der Waals surface area contributed by atoms with Crippen molar-refractivity contribution in [2.75, 3.05) is 17.3 Å². The molecule has 0 aliphatic carbocycles. The highest BCUT2D eigenvalue weighted by atomic mass is 19.1. The van der Waals surface area contributed by atoms with Gasteiger partial charge in [-0.25, -0.2) is 8.78 Å². The summed E-state index contributed by atoms with van der Waals surface area (Å²) in [4.78, 5) is 28.0. The van der Waals surface area contributed by atoms with Gasteiger partial charge in [0.25, 0.3) is 0 Å². The van der Waals surface area contributed by atoms with Crippen LogP contribution in [0, 0.1) is 24.5 Å². The van der Waals surface area contributed by atoms with Crippen LogP contribution in [0.1, 0.15) is 30.0 Å². The van der Waals surface area contributed by atoms with Crippen molar-refractivity contribution < 1.29 is 23.1 Å². The van der Waals surface area contributed by atoms with Crippen molar-refractivity contribution in [1.29, 1.82) is 0 Å². The fraction of sp³-hybridized carbons (Fsp3) is 0.231. The summed E-state index contributed by atoms with van der Waals surface area (Å²) in [5.74, 6) is -1.29. The zero-order valence-electron chi connectivity index (χ0n) is 18.3. The number of hydrogen-bond donors (Lipinski definition) is 1. The molecule has 0 unspecified atom stereocenters. The van der Waals surface area contributed by atoms with E-state index in [1.54, 1.807) is 67.5 Å². The molecule has 1 saturated heterocycles. The molecule has 1 aliphatic rings. The van der Waals surface area contributed by atoms with E-state index in [0.29, 0.717) is 34.7 Å². The first-order valence-electron chi connectivity index (χ1n) is 10.7. The van der Waals surface area contributed by atoms with Gasteiger partial charge in [-0.2, -0.15) is 0 Å². The summed E-state index contributed by atoms with van der Waals surface area (Å²) < 4.78 is 32.8. The van der Waals surface area contributed by atoms with E-state index >= 15 is 0 Å². The topological polar surface area (TPSA) is 58.6 Å². The molecule has 7 heteroatoms. The molecule has 0 aromatic heterocycles. The maximum Gasteiger partial charge on any atom is 0.229 e. The maximum absolute atomic E-state index is 14.0. The molecular formula is C26H24F2N2O3. The normalized spacial score (nSPS) is 18.2. The minimum atomic E-state index is -0.657. The first-order valence-corrected chi connectivity index (χ1v) is 10.7. The van der Waals surface area contributed by atoms with Crippen LogP contribution in [0.3, 0.4) is 0 Å². The van der Waals surface area contributed by atoms with Gasteiger partial charge in [0.2, 0.25) is 11.8 Å². The van der Waals surface area contributed by atoms with Crippen LogP contribution in [-0.4, -0.2) is 18.9 Å². The Morgan fingerprint density at radius 2 is 1.73 bits per heavy atom. The van der Waals surface area contributed by atoms with Gasteiger partial charge < -0.3 is 15.0 Å². The molecule has 0 bridgehead atoms. The van der Waals surface area contributed by atoms with Gasteiger partial charge in [0.05, 0.1) is 19.1 Å². The van der Waals surface area contributed by atoms with Crippen molar-refractivity contribution in [1.82, 2.24) is 0 Å². The number of nitrogens with zero attached hydrogens (tertiary/aromatic N) is 1. The Morgan fingerprint density at radius 1 is 1.03 bits per heavy atom. The highest BCUT2D eigenvalue weighted by Gasteiger charge is 2.41. The van der Waals surface area contributed by atoms with Gasteiger partial charge in [-0.05, 0) is 73.0 Å². The molecule has 1 N–H and O–H groups in total. The number of aryl methyl sites for hydroxylation is 1. The summed E-state index contributed by atoms with van der Waals surface area (Å²) in [6.07, 6.45) is 0.484. The molecule has 2 amide bonds. The number of rotatable bonds is 5. The molecule has 33 heavy (non-hydrogen) atoms. The van der Waals surface area contributed by atoms with E-state index in [-0.39, 0.29) is 18.2 Å². The third kappa shape index (κ3) is 4.72. The number of carbonyl (C=O) groups is 2. The number of piperidine rings is 1. The second kappa shape index (κ2) is 9.40. The van der Waals surface area contributed by atoms with E-state index in [9.17, 15) is 18.4 Å². The zero-order chi connectivity index (χ0) is 23.5. The molecule has 0 radical (unpaired) electrons. The lowest BCUT2D eigenvalue weighted by atomic mass is 9.83. The Bertz CT molecular complexity index is 1160. The molecular weight excluding hydrogens is 426 g/mol.